The molecule has 0 saturated heterocycles. The van der Waals surface area contributed by atoms with Crippen LogP contribution in [0.5, 0.6) is 11.5 Å². The van der Waals surface area contributed by atoms with E-state index in [9.17, 15) is 5.26 Å². The highest BCUT2D eigenvalue weighted by Gasteiger charge is 2.14. The van der Waals surface area contributed by atoms with Gasteiger partial charge in [0.2, 0.25) is 0 Å². The Hall–Kier alpha value is -2.34. The van der Waals surface area contributed by atoms with E-state index >= 15 is 0 Å². The third-order valence-corrected chi connectivity index (χ3v) is 3.35. The molecule has 1 aromatic heterocycles. The summed E-state index contributed by atoms with van der Waals surface area (Å²) in [4.78, 5) is 4.29. The second-order valence-corrected chi connectivity index (χ2v) is 6.21. The predicted octanol–water partition coefficient (Wildman–Crippen LogP) is 4.66. The molecule has 0 spiro atoms. The monoisotopic (exact) mass is 280 g/mol. The van der Waals surface area contributed by atoms with Crippen molar-refractivity contribution < 1.29 is 4.74 Å². The summed E-state index contributed by atoms with van der Waals surface area (Å²) in [6, 6.07) is 11.9. The lowest BCUT2D eigenvalue weighted by Crippen LogP contribution is -2.10. The molecule has 0 saturated carbocycles. The average Bonchev–Trinajstić information content (AvgIpc) is 2.38. The van der Waals surface area contributed by atoms with E-state index in [1.54, 1.807) is 6.07 Å². The number of nitriles is 1. The quantitative estimate of drug-likeness (QED) is 0.803. The summed E-state index contributed by atoms with van der Waals surface area (Å²) < 4.78 is 5.87. The fourth-order valence-corrected chi connectivity index (χ4v) is 2.16. The van der Waals surface area contributed by atoms with Gasteiger partial charge in [-0.1, -0.05) is 32.9 Å². The van der Waals surface area contributed by atoms with E-state index < -0.39 is 0 Å². The van der Waals surface area contributed by atoms with E-state index in [1.165, 1.54) is 5.56 Å². The lowest BCUT2D eigenvalue weighted by Gasteiger charge is -2.19. The Morgan fingerprint density at radius 1 is 1.10 bits per heavy atom. The molecule has 0 N–H and O–H groups in total. The highest BCUT2D eigenvalue weighted by atomic mass is 16.5. The average molecular weight is 280 g/mol. The first-order chi connectivity index (χ1) is 9.81. The van der Waals surface area contributed by atoms with E-state index in [-0.39, 0.29) is 5.41 Å². The molecule has 0 amide bonds. The largest absolute Gasteiger partial charge is 0.456 e. The Morgan fingerprint density at radius 3 is 2.24 bits per heavy atom. The van der Waals surface area contributed by atoms with Crippen LogP contribution in [0.2, 0.25) is 0 Å². The smallest absolute Gasteiger partial charge is 0.148 e. The molecule has 0 aliphatic heterocycles. The molecule has 1 aromatic carbocycles. The van der Waals surface area contributed by atoms with E-state index in [0.717, 1.165) is 11.4 Å². The van der Waals surface area contributed by atoms with Crippen molar-refractivity contribution in [3.8, 4) is 17.6 Å². The number of ether oxygens (including phenoxy) is 1. The summed E-state index contributed by atoms with van der Waals surface area (Å²) in [5, 5.41) is 9.25. The Kier molecular flexibility index (Phi) is 3.99. The number of pyridine rings is 1. The van der Waals surface area contributed by atoms with Gasteiger partial charge in [-0.3, -0.25) is 4.98 Å². The molecular formula is C18H20N2O. The van der Waals surface area contributed by atoms with Gasteiger partial charge in [-0.15, -0.1) is 0 Å². The molecule has 0 aliphatic carbocycles. The fourth-order valence-electron chi connectivity index (χ4n) is 2.16. The van der Waals surface area contributed by atoms with Crippen molar-refractivity contribution >= 4 is 0 Å². The van der Waals surface area contributed by atoms with Gasteiger partial charge in [0, 0.05) is 11.8 Å². The zero-order valence-corrected chi connectivity index (χ0v) is 13.2. The molecule has 0 bridgehead atoms. The number of hydrogen-bond acceptors (Lipinski definition) is 3. The first-order valence-corrected chi connectivity index (χ1v) is 6.98. The van der Waals surface area contributed by atoms with Crippen LogP contribution in [0.4, 0.5) is 0 Å². The minimum absolute atomic E-state index is 0.111. The van der Waals surface area contributed by atoms with Gasteiger partial charge in [-0.25, -0.2) is 0 Å². The van der Waals surface area contributed by atoms with Crippen LogP contribution < -0.4 is 4.74 Å². The molecule has 2 aromatic rings. The number of rotatable bonds is 2. The number of aromatic nitrogens is 1. The lowest BCUT2D eigenvalue weighted by atomic mass is 9.87. The van der Waals surface area contributed by atoms with E-state index in [0.29, 0.717) is 17.0 Å². The minimum Gasteiger partial charge on any atom is -0.456 e. The Bertz CT molecular complexity index is 689. The molecular weight excluding hydrogens is 260 g/mol. The third kappa shape index (κ3) is 3.41. The molecule has 1 heterocycles. The maximum Gasteiger partial charge on any atom is 0.148 e. The molecule has 0 aliphatic rings. The maximum atomic E-state index is 9.25. The molecule has 21 heavy (non-hydrogen) atoms. The highest BCUT2D eigenvalue weighted by molar-refractivity contribution is 5.48. The number of benzene rings is 1. The van der Waals surface area contributed by atoms with Gasteiger partial charge in [0.05, 0.1) is 5.69 Å². The molecule has 0 radical (unpaired) electrons. The van der Waals surface area contributed by atoms with Crippen LogP contribution in [-0.2, 0) is 5.41 Å². The van der Waals surface area contributed by atoms with Crippen molar-refractivity contribution in [3.63, 3.8) is 0 Å². The predicted molar refractivity (Wildman–Crippen MR) is 83.6 cm³/mol. The number of aryl methyl sites for hydroxylation is 2. The van der Waals surface area contributed by atoms with Crippen LogP contribution >= 0.6 is 0 Å². The summed E-state index contributed by atoms with van der Waals surface area (Å²) >= 11 is 0. The maximum absolute atomic E-state index is 9.25. The van der Waals surface area contributed by atoms with Gasteiger partial charge in [0.1, 0.15) is 23.1 Å². The Morgan fingerprint density at radius 2 is 1.71 bits per heavy atom. The summed E-state index contributed by atoms with van der Waals surface area (Å²) in [5.74, 6) is 1.29. The van der Waals surface area contributed by atoms with Crippen LogP contribution in [0.25, 0.3) is 0 Å². The van der Waals surface area contributed by atoms with Gasteiger partial charge >= 0.3 is 0 Å². The zero-order chi connectivity index (χ0) is 15.6. The summed E-state index contributed by atoms with van der Waals surface area (Å²) in [6.07, 6.45) is 0. The van der Waals surface area contributed by atoms with Gasteiger partial charge < -0.3 is 4.74 Å². The van der Waals surface area contributed by atoms with Gasteiger partial charge in [-0.2, -0.15) is 5.26 Å². The summed E-state index contributed by atoms with van der Waals surface area (Å²) in [7, 11) is 0. The summed E-state index contributed by atoms with van der Waals surface area (Å²) in [6.45, 7) is 10.2. The van der Waals surface area contributed by atoms with Crippen LogP contribution in [0.3, 0.4) is 0 Å². The lowest BCUT2D eigenvalue weighted by molar-refractivity contribution is 0.478. The zero-order valence-electron chi connectivity index (χ0n) is 13.2. The SMILES string of the molecule is Cc1cc(Oc2ccc(C(C)(C)C)cc2)c(C#N)c(C)n1. The van der Waals surface area contributed by atoms with Crippen molar-refractivity contribution in [1.82, 2.24) is 4.98 Å². The molecule has 0 atom stereocenters. The molecule has 108 valence electrons. The standard InChI is InChI=1S/C18H20N2O/c1-12-10-17(16(11-19)13(2)20-12)21-15-8-6-14(7-9-15)18(3,4)5/h6-10H,1-5H3. The molecule has 3 heteroatoms. The Labute approximate surface area is 126 Å². The molecule has 0 fully saturated rings. The van der Waals surface area contributed by atoms with Crippen molar-refractivity contribution in [1.29, 1.82) is 5.26 Å². The minimum atomic E-state index is 0.111. The van der Waals surface area contributed by atoms with Gasteiger partial charge in [0.15, 0.2) is 0 Å². The molecule has 2 rings (SSSR count). The van der Waals surface area contributed by atoms with Crippen LogP contribution in [0.15, 0.2) is 30.3 Å². The van der Waals surface area contributed by atoms with E-state index in [4.69, 9.17) is 4.74 Å². The van der Waals surface area contributed by atoms with Crippen molar-refractivity contribution in [2.45, 2.75) is 40.0 Å². The highest BCUT2D eigenvalue weighted by Crippen LogP contribution is 2.29. The first kappa shape index (κ1) is 15.1. The topological polar surface area (TPSA) is 45.9 Å². The van der Waals surface area contributed by atoms with Crippen molar-refractivity contribution in [2.75, 3.05) is 0 Å². The van der Waals surface area contributed by atoms with E-state index in [1.807, 2.05) is 26.0 Å². The normalized spacial score (nSPS) is 11.0. The third-order valence-electron chi connectivity index (χ3n) is 3.35. The molecule has 3 nitrogen and oxygen atoms in total. The van der Waals surface area contributed by atoms with E-state index in [2.05, 4.69) is 44.0 Å². The number of hydrogen-bond donors (Lipinski definition) is 0. The Balaban J connectivity index is 2.33. The molecule has 0 unspecified atom stereocenters. The van der Waals surface area contributed by atoms with Gasteiger partial charge in [-0.05, 0) is 37.0 Å². The van der Waals surface area contributed by atoms with Crippen LogP contribution in [-0.4, -0.2) is 4.98 Å². The second-order valence-electron chi connectivity index (χ2n) is 6.21. The van der Waals surface area contributed by atoms with Crippen LogP contribution in [0.1, 0.15) is 43.3 Å². The fraction of sp³-hybridized carbons (Fsp3) is 0.333. The second kappa shape index (κ2) is 5.57. The first-order valence-electron chi connectivity index (χ1n) is 6.98. The number of nitrogens with zero attached hydrogens (tertiary/aromatic N) is 2. The van der Waals surface area contributed by atoms with Crippen molar-refractivity contribution in [3.05, 3.63) is 52.8 Å². The van der Waals surface area contributed by atoms with Gasteiger partial charge in [0.25, 0.3) is 0 Å². The summed E-state index contributed by atoms with van der Waals surface area (Å²) in [5.41, 5.74) is 3.38. The van der Waals surface area contributed by atoms with Crippen molar-refractivity contribution in [2.24, 2.45) is 0 Å². The van der Waals surface area contributed by atoms with Crippen LogP contribution in [0, 0.1) is 25.2 Å².